The molecule has 100 valence electrons. The maximum absolute atomic E-state index is 13.4. The summed E-state index contributed by atoms with van der Waals surface area (Å²) in [6.45, 7) is 4.95. The third-order valence-corrected chi connectivity index (χ3v) is 2.74. The standard InChI is InChI=1S/C14H19F2NO/c1-10(2)7-8-17(3)9-13(18)14-11(15)5-4-6-12(14)16/h4-6,10H,7-9H2,1-3H3. The van der Waals surface area contributed by atoms with Crippen molar-refractivity contribution < 1.29 is 13.6 Å². The van der Waals surface area contributed by atoms with Crippen LogP contribution in [-0.4, -0.2) is 30.8 Å². The number of carbonyl (C=O) groups is 1. The van der Waals surface area contributed by atoms with Crippen LogP contribution in [0.15, 0.2) is 18.2 Å². The fourth-order valence-corrected chi connectivity index (χ4v) is 1.65. The Morgan fingerprint density at radius 1 is 1.28 bits per heavy atom. The number of rotatable bonds is 6. The van der Waals surface area contributed by atoms with E-state index in [0.29, 0.717) is 5.92 Å². The number of ketones is 1. The molecular weight excluding hydrogens is 236 g/mol. The summed E-state index contributed by atoms with van der Waals surface area (Å²) in [4.78, 5) is 13.6. The molecule has 0 fully saturated rings. The third kappa shape index (κ3) is 4.18. The second-order valence-electron chi connectivity index (χ2n) is 4.94. The van der Waals surface area contributed by atoms with Crippen LogP contribution in [0, 0.1) is 17.6 Å². The van der Waals surface area contributed by atoms with Crippen LogP contribution in [0.1, 0.15) is 30.6 Å². The van der Waals surface area contributed by atoms with E-state index in [9.17, 15) is 13.6 Å². The second kappa shape index (κ2) is 6.59. The highest BCUT2D eigenvalue weighted by molar-refractivity contribution is 5.98. The number of carbonyl (C=O) groups excluding carboxylic acids is 1. The molecule has 18 heavy (non-hydrogen) atoms. The normalized spacial score (nSPS) is 11.3. The van der Waals surface area contributed by atoms with Crippen LogP contribution in [0.4, 0.5) is 8.78 Å². The van der Waals surface area contributed by atoms with Crippen LogP contribution in [0.5, 0.6) is 0 Å². The fourth-order valence-electron chi connectivity index (χ4n) is 1.65. The van der Waals surface area contributed by atoms with Crippen LogP contribution < -0.4 is 0 Å². The lowest BCUT2D eigenvalue weighted by Gasteiger charge is -2.17. The van der Waals surface area contributed by atoms with Gasteiger partial charge < -0.3 is 0 Å². The molecule has 2 nitrogen and oxygen atoms in total. The van der Waals surface area contributed by atoms with Crippen molar-refractivity contribution in [1.29, 1.82) is 0 Å². The van der Waals surface area contributed by atoms with Gasteiger partial charge in [0.05, 0.1) is 12.1 Å². The first-order valence-corrected chi connectivity index (χ1v) is 6.07. The van der Waals surface area contributed by atoms with E-state index in [1.54, 1.807) is 11.9 Å². The molecule has 0 aliphatic carbocycles. The Morgan fingerprint density at radius 2 is 1.83 bits per heavy atom. The summed E-state index contributed by atoms with van der Waals surface area (Å²) in [5.74, 6) is -1.57. The molecule has 0 saturated heterocycles. The van der Waals surface area contributed by atoms with E-state index in [-0.39, 0.29) is 6.54 Å². The highest BCUT2D eigenvalue weighted by Gasteiger charge is 2.18. The highest BCUT2D eigenvalue weighted by atomic mass is 19.1. The van der Waals surface area contributed by atoms with Crippen LogP contribution in [0.3, 0.4) is 0 Å². The van der Waals surface area contributed by atoms with Crippen LogP contribution >= 0.6 is 0 Å². The highest BCUT2D eigenvalue weighted by Crippen LogP contribution is 2.13. The zero-order valence-corrected chi connectivity index (χ0v) is 11.0. The Kier molecular flexibility index (Phi) is 5.41. The molecule has 0 unspecified atom stereocenters. The molecule has 4 heteroatoms. The molecule has 1 aromatic carbocycles. The summed E-state index contributed by atoms with van der Waals surface area (Å²) in [5.41, 5.74) is -0.436. The number of hydrogen-bond donors (Lipinski definition) is 0. The summed E-state index contributed by atoms with van der Waals surface area (Å²) in [6.07, 6.45) is 0.948. The van der Waals surface area contributed by atoms with E-state index < -0.39 is 23.0 Å². The summed E-state index contributed by atoms with van der Waals surface area (Å²) >= 11 is 0. The lowest BCUT2D eigenvalue weighted by Crippen LogP contribution is -2.28. The van der Waals surface area contributed by atoms with Gasteiger partial charge in [0, 0.05) is 0 Å². The van der Waals surface area contributed by atoms with Crippen molar-refractivity contribution in [3.63, 3.8) is 0 Å². The van der Waals surface area contributed by atoms with E-state index >= 15 is 0 Å². The average molecular weight is 255 g/mol. The number of hydrogen-bond acceptors (Lipinski definition) is 2. The van der Waals surface area contributed by atoms with Crippen molar-refractivity contribution in [3.05, 3.63) is 35.4 Å². The van der Waals surface area contributed by atoms with Crippen LogP contribution in [-0.2, 0) is 0 Å². The van der Waals surface area contributed by atoms with Crippen LogP contribution in [0.25, 0.3) is 0 Å². The largest absolute Gasteiger partial charge is 0.299 e. The number of nitrogens with zero attached hydrogens (tertiary/aromatic N) is 1. The predicted octanol–water partition coefficient (Wildman–Crippen LogP) is 3.13. The minimum Gasteiger partial charge on any atom is -0.299 e. The van der Waals surface area contributed by atoms with E-state index in [2.05, 4.69) is 13.8 Å². The average Bonchev–Trinajstić information content (AvgIpc) is 2.26. The molecule has 1 aromatic rings. The molecule has 0 bridgehead atoms. The molecule has 1 rings (SSSR count). The Balaban J connectivity index is 2.65. The van der Waals surface area contributed by atoms with Gasteiger partial charge in [0.1, 0.15) is 11.6 Å². The molecule has 0 heterocycles. The lowest BCUT2D eigenvalue weighted by atomic mass is 10.1. The Labute approximate surface area is 107 Å². The van der Waals surface area contributed by atoms with Crippen molar-refractivity contribution in [1.82, 2.24) is 4.90 Å². The van der Waals surface area contributed by atoms with Gasteiger partial charge in [0.15, 0.2) is 5.78 Å². The van der Waals surface area contributed by atoms with Gasteiger partial charge in [0.25, 0.3) is 0 Å². The first-order chi connectivity index (χ1) is 8.41. The van der Waals surface area contributed by atoms with Crippen molar-refractivity contribution in [2.24, 2.45) is 5.92 Å². The van der Waals surface area contributed by atoms with E-state index in [4.69, 9.17) is 0 Å². The van der Waals surface area contributed by atoms with Gasteiger partial charge in [-0.05, 0) is 38.1 Å². The van der Waals surface area contributed by atoms with Gasteiger partial charge in [-0.3, -0.25) is 9.69 Å². The van der Waals surface area contributed by atoms with Gasteiger partial charge in [-0.1, -0.05) is 19.9 Å². The van der Waals surface area contributed by atoms with Crippen molar-refractivity contribution in [2.45, 2.75) is 20.3 Å². The molecule has 0 radical (unpaired) electrons. The zero-order valence-electron chi connectivity index (χ0n) is 11.0. The lowest BCUT2D eigenvalue weighted by molar-refractivity contribution is 0.0935. The second-order valence-corrected chi connectivity index (χ2v) is 4.94. The number of benzene rings is 1. The first-order valence-electron chi connectivity index (χ1n) is 6.07. The Hall–Kier alpha value is -1.29. The molecule has 0 aromatic heterocycles. The summed E-state index contributed by atoms with van der Waals surface area (Å²) in [6, 6.07) is 3.46. The summed E-state index contributed by atoms with van der Waals surface area (Å²) in [5, 5.41) is 0. The molecule has 0 aliphatic rings. The Morgan fingerprint density at radius 3 is 2.33 bits per heavy atom. The monoisotopic (exact) mass is 255 g/mol. The smallest absolute Gasteiger partial charge is 0.182 e. The summed E-state index contributed by atoms with van der Waals surface area (Å²) in [7, 11) is 1.78. The fraction of sp³-hybridized carbons (Fsp3) is 0.500. The number of likely N-dealkylation sites (N-methyl/N-ethyl adjacent to an activating group) is 1. The molecule has 0 N–H and O–H groups in total. The summed E-state index contributed by atoms with van der Waals surface area (Å²) < 4.78 is 26.8. The van der Waals surface area contributed by atoms with E-state index in [1.807, 2.05) is 0 Å². The van der Waals surface area contributed by atoms with Crippen molar-refractivity contribution >= 4 is 5.78 Å². The molecular formula is C14H19F2NO. The maximum atomic E-state index is 13.4. The molecule has 0 saturated carbocycles. The van der Waals surface area contributed by atoms with Crippen molar-refractivity contribution in [3.8, 4) is 0 Å². The molecule has 0 spiro atoms. The first kappa shape index (κ1) is 14.8. The molecule has 0 aliphatic heterocycles. The Bertz CT molecular complexity index is 398. The van der Waals surface area contributed by atoms with Gasteiger partial charge in [0.2, 0.25) is 0 Å². The molecule has 0 atom stereocenters. The minimum absolute atomic E-state index is 0.0323. The topological polar surface area (TPSA) is 20.3 Å². The van der Waals surface area contributed by atoms with Gasteiger partial charge in [-0.2, -0.15) is 0 Å². The SMILES string of the molecule is CC(C)CCN(C)CC(=O)c1c(F)cccc1F. The van der Waals surface area contributed by atoms with Gasteiger partial charge in [-0.15, -0.1) is 0 Å². The number of halogens is 2. The quantitative estimate of drug-likeness (QED) is 0.728. The van der Waals surface area contributed by atoms with Crippen molar-refractivity contribution in [2.75, 3.05) is 20.1 Å². The van der Waals surface area contributed by atoms with E-state index in [1.165, 1.54) is 6.07 Å². The van der Waals surface area contributed by atoms with Crippen LogP contribution in [0.2, 0.25) is 0 Å². The van der Waals surface area contributed by atoms with Gasteiger partial charge >= 0.3 is 0 Å². The minimum atomic E-state index is -0.794. The predicted molar refractivity (Wildman–Crippen MR) is 67.6 cm³/mol. The maximum Gasteiger partial charge on any atom is 0.182 e. The zero-order chi connectivity index (χ0) is 13.7. The van der Waals surface area contributed by atoms with E-state index in [0.717, 1.165) is 25.1 Å². The number of Topliss-reactive ketones (excluding diaryl/α,β-unsaturated/α-hetero) is 1. The third-order valence-electron chi connectivity index (χ3n) is 2.74. The molecule has 0 amide bonds. The van der Waals surface area contributed by atoms with Gasteiger partial charge in [-0.25, -0.2) is 8.78 Å².